The van der Waals surface area contributed by atoms with Gasteiger partial charge in [-0.05, 0) is 44.3 Å². The number of rotatable bonds is 3. The van der Waals surface area contributed by atoms with Gasteiger partial charge < -0.3 is 5.32 Å². The highest BCUT2D eigenvalue weighted by molar-refractivity contribution is 7.80. The smallest absolute Gasteiger partial charge is 0.187 e. The minimum absolute atomic E-state index is 0.546. The number of thiazole rings is 1. The van der Waals surface area contributed by atoms with E-state index >= 15 is 0 Å². The molecule has 1 aromatic carbocycles. The summed E-state index contributed by atoms with van der Waals surface area (Å²) in [5.41, 5.74) is 6.42. The van der Waals surface area contributed by atoms with E-state index in [9.17, 15) is 0 Å². The number of hydrogen-bond acceptors (Lipinski definition) is 4. The second-order valence-corrected chi connectivity index (χ2v) is 7.34. The molecule has 4 nitrogen and oxygen atoms in total. The van der Waals surface area contributed by atoms with E-state index < -0.39 is 0 Å². The quantitative estimate of drug-likeness (QED) is 0.662. The standard InChI is InChI=1S/C17H18N4S2/c22-17(18-12-9-10-12)21-20-14-8-4-7-13-15(14)23-16(19-13)11-5-2-1-3-6-11/h1-3,5-6,12H,4,7-10H2,(H2,18,21,22). The van der Waals surface area contributed by atoms with Crippen LogP contribution < -0.4 is 10.7 Å². The Hall–Kier alpha value is -1.79. The van der Waals surface area contributed by atoms with Gasteiger partial charge in [0.05, 0.1) is 16.3 Å². The number of hydrogen-bond donors (Lipinski definition) is 2. The van der Waals surface area contributed by atoms with Crippen LogP contribution in [0.25, 0.3) is 10.6 Å². The van der Waals surface area contributed by atoms with Crippen LogP contribution in [0.4, 0.5) is 0 Å². The Bertz CT molecular complexity index is 747. The normalized spacial score (nSPS) is 18.5. The third kappa shape index (κ3) is 3.43. The number of nitrogens with zero attached hydrogens (tertiary/aromatic N) is 2. The molecule has 1 heterocycles. The first-order valence-corrected chi connectivity index (χ1v) is 9.20. The molecule has 0 atom stereocenters. The number of fused-ring (bicyclic) bond motifs is 1. The lowest BCUT2D eigenvalue weighted by Crippen LogP contribution is -2.34. The van der Waals surface area contributed by atoms with Gasteiger partial charge in [0.1, 0.15) is 5.01 Å². The predicted molar refractivity (Wildman–Crippen MR) is 98.9 cm³/mol. The van der Waals surface area contributed by atoms with Crippen molar-refractivity contribution in [1.82, 2.24) is 15.7 Å². The minimum atomic E-state index is 0.546. The molecule has 0 spiro atoms. The molecule has 2 aliphatic carbocycles. The van der Waals surface area contributed by atoms with Crippen LogP contribution in [-0.2, 0) is 6.42 Å². The van der Waals surface area contributed by atoms with Crippen LogP contribution in [-0.4, -0.2) is 21.8 Å². The van der Waals surface area contributed by atoms with E-state index in [1.54, 1.807) is 11.3 Å². The van der Waals surface area contributed by atoms with Crippen LogP contribution in [0.15, 0.2) is 35.4 Å². The topological polar surface area (TPSA) is 49.3 Å². The number of nitrogens with one attached hydrogen (secondary N) is 2. The van der Waals surface area contributed by atoms with Crippen molar-refractivity contribution in [2.45, 2.75) is 38.1 Å². The zero-order chi connectivity index (χ0) is 15.6. The van der Waals surface area contributed by atoms with Crippen molar-refractivity contribution in [3.63, 3.8) is 0 Å². The van der Waals surface area contributed by atoms with E-state index in [-0.39, 0.29) is 0 Å². The number of aryl methyl sites for hydroxylation is 1. The summed E-state index contributed by atoms with van der Waals surface area (Å²) in [7, 11) is 0. The van der Waals surface area contributed by atoms with Gasteiger partial charge in [0, 0.05) is 11.6 Å². The summed E-state index contributed by atoms with van der Waals surface area (Å²) in [5.74, 6) is 0. The molecule has 2 aliphatic rings. The molecule has 118 valence electrons. The van der Waals surface area contributed by atoms with E-state index in [0.717, 1.165) is 30.0 Å². The molecule has 0 bridgehead atoms. The molecule has 4 rings (SSSR count). The lowest BCUT2D eigenvalue weighted by Gasteiger charge is -2.13. The third-order valence-corrected chi connectivity index (χ3v) is 5.42. The van der Waals surface area contributed by atoms with Crippen LogP contribution >= 0.6 is 23.6 Å². The number of benzene rings is 1. The first kappa shape index (κ1) is 14.8. The van der Waals surface area contributed by atoms with Crippen molar-refractivity contribution >= 4 is 34.4 Å². The molecule has 1 aromatic heterocycles. The Balaban J connectivity index is 1.55. The summed E-state index contributed by atoms with van der Waals surface area (Å²) in [6, 6.07) is 10.9. The minimum Gasteiger partial charge on any atom is -0.359 e. The maximum atomic E-state index is 5.28. The molecule has 0 unspecified atom stereocenters. The van der Waals surface area contributed by atoms with Crippen LogP contribution in [0.5, 0.6) is 0 Å². The average Bonchev–Trinajstić information content (AvgIpc) is 3.28. The van der Waals surface area contributed by atoms with Gasteiger partial charge in [-0.1, -0.05) is 30.3 Å². The van der Waals surface area contributed by atoms with E-state index in [2.05, 4.69) is 28.0 Å². The van der Waals surface area contributed by atoms with E-state index in [1.165, 1.54) is 29.0 Å². The fourth-order valence-electron chi connectivity index (χ4n) is 2.66. The fourth-order valence-corrected chi connectivity index (χ4v) is 4.00. The van der Waals surface area contributed by atoms with Crippen LogP contribution in [0.1, 0.15) is 36.3 Å². The highest BCUT2D eigenvalue weighted by Crippen LogP contribution is 2.32. The molecule has 2 aromatic rings. The Morgan fingerprint density at radius 3 is 2.83 bits per heavy atom. The predicted octanol–water partition coefficient (Wildman–Crippen LogP) is 3.48. The molecular weight excluding hydrogens is 324 g/mol. The molecule has 2 N–H and O–H groups in total. The van der Waals surface area contributed by atoms with Gasteiger partial charge in [0.25, 0.3) is 0 Å². The summed E-state index contributed by atoms with van der Waals surface area (Å²) >= 11 is 7.01. The van der Waals surface area contributed by atoms with Crippen molar-refractivity contribution < 1.29 is 0 Å². The molecule has 0 aliphatic heterocycles. The summed E-state index contributed by atoms with van der Waals surface area (Å²) in [6.07, 6.45) is 5.51. The number of thiocarbonyl (C=S) groups is 1. The summed E-state index contributed by atoms with van der Waals surface area (Å²) in [6.45, 7) is 0. The first-order valence-electron chi connectivity index (χ1n) is 7.98. The molecule has 23 heavy (non-hydrogen) atoms. The highest BCUT2D eigenvalue weighted by Gasteiger charge is 2.23. The number of aromatic nitrogens is 1. The van der Waals surface area contributed by atoms with Gasteiger partial charge >= 0.3 is 0 Å². The zero-order valence-corrected chi connectivity index (χ0v) is 14.3. The van der Waals surface area contributed by atoms with Gasteiger partial charge in [0.2, 0.25) is 0 Å². The van der Waals surface area contributed by atoms with E-state index in [0.29, 0.717) is 11.2 Å². The highest BCUT2D eigenvalue weighted by atomic mass is 32.1. The molecule has 0 saturated heterocycles. The molecular formula is C17H18N4S2. The Kier molecular flexibility index (Phi) is 4.10. The van der Waals surface area contributed by atoms with Crippen molar-refractivity contribution in [1.29, 1.82) is 0 Å². The molecule has 1 saturated carbocycles. The SMILES string of the molecule is S=C(NN=C1CCCc2nc(-c3ccccc3)sc21)NC1CC1. The molecule has 1 fully saturated rings. The van der Waals surface area contributed by atoms with Crippen LogP contribution in [0.2, 0.25) is 0 Å². The Labute approximate surface area is 145 Å². The van der Waals surface area contributed by atoms with Crippen molar-refractivity contribution in [3.05, 3.63) is 40.9 Å². The first-order chi connectivity index (χ1) is 11.3. The van der Waals surface area contributed by atoms with Gasteiger partial charge in [0.15, 0.2) is 5.11 Å². The second-order valence-electron chi connectivity index (χ2n) is 5.93. The second kappa shape index (κ2) is 6.37. The maximum Gasteiger partial charge on any atom is 0.187 e. The lowest BCUT2D eigenvalue weighted by atomic mass is 10.0. The maximum absolute atomic E-state index is 5.28. The largest absolute Gasteiger partial charge is 0.359 e. The fraction of sp³-hybridized carbons (Fsp3) is 0.353. The van der Waals surface area contributed by atoms with Gasteiger partial charge in [-0.25, -0.2) is 4.98 Å². The monoisotopic (exact) mass is 342 g/mol. The van der Waals surface area contributed by atoms with Crippen molar-refractivity contribution in [3.8, 4) is 10.6 Å². The summed E-state index contributed by atoms with van der Waals surface area (Å²) in [5, 5.41) is 9.49. The van der Waals surface area contributed by atoms with Crippen LogP contribution in [0.3, 0.4) is 0 Å². The van der Waals surface area contributed by atoms with Gasteiger partial charge in [-0.2, -0.15) is 5.10 Å². The molecule has 6 heteroatoms. The van der Waals surface area contributed by atoms with Gasteiger partial charge in [-0.15, -0.1) is 11.3 Å². The van der Waals surface area contributed by atoms with Crippen molar-refractivity contribution in [2.75, 3.05) is 0 Å². The van der Waals surface area contributed by atoms with Crippen LogP contribution in [0, 0.1) is 0 Å². The summed E-state index contributed by atoms with van der Waals surface area (Å²) in [4.78, 5) is 6.02. The van der Waals surface area contributed by atoms with Crippen molar-refractivity contribution in [2.24, 2.45) is 5.10 Å². The number of hydrazone groups is 1. The zero-order valence-electron chi connectivity index (χ0n) is 12.7. The lowest BCUT2D eigenvalue weighted by molar-refractivity contribution is 0.806. The third-order valence-electron chi connectivity index (χ3n) is 4.01. The molecule has 0 radical (unpaired) electrons. The Morgan fingerprint density at radius 2 is 2.04 bits per heavy atom. The summed E-state index contributed by atoms with van der Waals surface area (Å²) < 4.78 is 0. The van der Waals surface area contributed by atoms with Gasteiger partial charge in [-0.3, -0.25) is 5.43 Å². The van der Waals surface area contributed by atoms with E-state index in [1.807, 2.05) is 18.2 Å². The average molecular weight is 342 g/mol. The Morgan fingerprint density at radius 1 is 1.22 bits per heavy atom. The van der Waals surface area contributed by atoms with E-state index in [4.69, 9.17) is 17.2 Å². The molecule has 0 amide bonds.